The van der Waals surface area contributed by atoms with Gasteiger partial charge in [-0.3, -0.25) is 14.2 Å². The smallest absolute Gasteiger partial charge is 0.267 e. The van der Waals surface area contributed by atoms with Gasteiger partial charge in [0.05, 0.1) is 16.3 Å². The molecule has 1 aliphatic rings. The Bertz CT molecular complexity index is 1060. The van der Waals surface area contributed by atoms with Crippen molar-refractivity contribution >= 4 is 39.2 Å². The van der Waals surface area contributed by atoms with E-state index in [1.54, 1.807) is 15.9 Å². The van der Waals surface area contributed by atoms with Crippen LogP contribution in [-0.4, -0.2) is 20.7 Å². The summed E-state index contributed by atoms with van der Waals surface area (Å²) in [6, 6.07) is 9.49. The Morgan fingerprint density at radius 2 is 2.04 bits per heavy atom. The molecule has 4 rings (SSSR count). The predicted octanol–water partition coefficient (Wildman–Crippen LogP) is 3.68. The van der Waals surface area contributed by atoms with Crippen molar-refractivity contribution in [3.63, 3.8) is 0 Å². The maximum atomic E-state index is 13.5. The topological polar surface area (TPSA) is 78.0 Å². The van der Waals surface area contributed by atoms with E-state index >= 15 is 0 Å². The van der Waals surface area contributed by atoms with Crippen LogP contribution in [0.3, 0.4) is 0 Å². The molecule has 140 valence electrons. The summed E-state index contributed by atoms with van der Waals surface area (Å²) in [5.41, 5.74) is 7.42. The van der Waals surface area contributed by atoms with Gasteiger partial charge in [-0.15, -0.1) is 11.3 Å². The highest BCUT2D eigenvalue weighted by atomic mass is 32.2. The predicted molar refractivity (Wildman–Crippen MR) is 111 cm³/mol. The summed E-state index contributed by atoms with van der Waals surface area (Å²) in [6.45, 7) is 1.91. The molecule has 0 spiro atoms. The molecule has 1 unspecified atom stereocenters. The second-order valence-corrected chi connectivity index (χ2v) is 8.93. The second kappa shape index (κ2) is 7.48. The van der Waals surface area contributed by atoms with Crippen molar-refractivity contribution in [3.05, 3.63) is 51.1 Å². The van der Waals surface area contributed by atoms with Crippen molar-refractivity contribution < 1.29 is 4.79 Å². The number of rotatable bonds is 5. The van der Waals surface area contributed by atoms with Crippen molar-refractivity contribution in [2.45, 2.75) is 49.4 Å². The lowest BCUT2D eigenvalue weighted by Gasteiger charge is -2.16. The molecule has 7 heteroatoms. The SMILES string of the molecule is CCC(Sc1nc2sc3c(c2c(=O)n1-c1ccccc1)CCCC3)C(N)=O. The Kier molecular flexibility index (Phi) is 5.06. The third-order valence-corrected chi connectivity index (χ3v) is 7.43. The summed E-state index contributed by atoms with van der Waals surface area (Å²) in [5.74, 6) is -0.387. The molecular formula is C20H21N3O2S2. The van der Waals surface area contributed by atoms with Gasteiger partial charge in [-0.2, -0.15) is 0 Å². The van der Waals surface area contributed by atoms with Gasteiger partial charge in [0.2, 0.25) is 5.91 Å². The molecule has 1 aliphatic carbocycles. The zero-order valence-corrected chi connectivity index (χ0v) is 16.7. The molecule has 0 saturated heterocycles. The van der Waals surface area contributed by atoms with Crippen LogP contribution in [0.4, 0.5) is 0 Å². The van der Waals surface area contributed by atoms with E-state index in [1.165, 1.54) is 22.2 Å². The lowest BCUT2D eigenvalue weighted by atomic mass is 9.97. The number of amides is 1. The number of carbonyl (C=O) groups excluding carboxylic acids is 1. The Hall–Kier alpha value is -2.12. The first kappa shape index (κ1) is 18.3. The lowest BCUT2D eigenvalue weighted by Crippen LogP contribution is -2.28. The molecule has 0 aliphatic heterocycles. The maximum Gasteiger partial charge on any atom is 0.267 e. The highest BCUT2D eigenvalue weighted by Gasteiger charge is 2.25. The number of carbonyl (C=O) groups is 1. The van der Waals surface area contributed by atoms with Crippen molar-refractivity contribution in [3.8, 4) is 5.69 Å². The van der Waals surface area contributed by atoms with Gasteiger partial charge in [-0.05, 0) is 49.8 Å². The van der Waals surface area contributed by atoms with E-state index in [9.17, 15) is 9.59 Å². The van der Waals surface area contributed by atoms with Crippen LogP contribution in [0.5, 0.6) is 0 Å². The number of para-hydroxylation sites is 1. The molecule has 0 radical (unpaired) electrons. The van der Waals surface area contributed by atoms with Gasteiger partial charge in [0.1, 0.15) is 4.83 Å². The molecule has 0 bridgehead atoms. The molecule has 27 heavy (non-hydrogen) atoms. The van der Waals surface area contributed by atoms with Gasteiger partial charge in [0.25, 0.3) is 5.56 Å². The van der Waals surface area contributed by atoms with Crippen molar-refractivity contribution in [1.29, 1.82) is 0 Å². The number of fused-ring (bicyclic) bond motifs is 3. The van der Waals surface area contributed by atoms with E-state index in [2.05, 4.69) is 0 Å². The number of primary amides is 1. The first-order valence-electron chi connectivity index (χ1n) is 9.18. The van der Waals surface area contributed by atoms with Crippen molar-refractivity contribution in [1.82, 2.24) is 9.55 Å². The average Bonchev–Trinajstić information content (AvgIpc) is 3.05. The van der Waals surface area contributed by atoms with Gasteiger partial charge in [0.15, 0.2) is 5.16 Å². The molecule has 1 amide bonds. The van der Waals surface area contributed by atoms with E-state index < -0.39 is 5.25 Å². The molecule has 0 saturated carbocycles. The fourth-order valence-corrected chi connectivity index (χ4v) is 5.82. The fraction of sp³-hybridized carbons (Fsp3) is 0.350. The number of hydrogen-bond acceptors (Lipinski definition) is 5. The minimum absolute atomic E-state index is 0.0487. The number of benzene rings is 1. The van der Waals surface area contributed by atoms with Gasteiger partial charge >= 0.3 is 0 Å². The Morgan fingerprint density at radius 3 is 2.74 bits per heavy atom. The largest absolute Gasteiger partial charge is 0.369 e. The Morgan fingerprint density at radius 1 is 1.30 bits per heavy atom. The maximum absolute atomic E-state index is 13.5. The summed E-state index contributed by atoms with van der Waals surface area (Å²) in [4.78, 5) is 32.2. The first-order chi connectivity index (χ1) is 13.1. The van der Waals surface area contributed by atoms with E-state index in [4.69, 9.17) is 10.7 Å². The molecule has 2 aromatic heterocycles. The zero-order chi connectivity index (χ0) is 19.0. The first-order valence-corrected chi connectivity index (χ1v) is 10.9. The van der Waals surface area contributed by atoms with E-state index in [-0.39, 0.29) is 11.5 Å². The molecule has 5 nitrogen and oxygen atoms in total. The number of thioether (sulfide) groups is 1. The summed E-state index contributed by atoms with van der Waals surface area (Å²) >= 11 is 2.90. The van der Waals surface area contributed by atoms with Crippen LogP contribution in [-0.2, 0) is 17.6 Å². The summed E-state index contributed by atoms with van der Waals surface area (Å²) in [5, 5.41) is 0.858. The highest BCUT2D eigenvalue weighted by Crippen LogP contribution is 2.36. The lowest BCUT2D eigenvalue weighted by molar-refractivity contribution is -0.117. The normalized spacial score (nSPS) is 14.9. The summed E-state index contributed by atoms with van der Waals surface area (Å²) < 4.78 is 1.64. The number of nitrogens with zero attached hydrogens (tertiary/aromatic N) is 2. The van der Waals surface area contributed by atoms with Crippen LogP contribution in [0.15, 0.2) is 40.3 Å². The minimum atomic E-state index is -0.418. The third kappa shape index (κ3) is 3.30. The summed E-state index contributed by atoms with van der Waals surface area (Å²) in [7, 11) is 0. The molecule has 1 aromatic carbocycles. The van der Waals surface area contributed by atoms with Crippen LogP contribution in [0.25, 0.3) is 15.9 Å². The minimum Gasteiger partial charge on any atom is -0.369 e. The Labute approximate surface area is 165 Å². The third-order valence-electron chi connectivity index (χ3n) is 4.91. The number of nitrogens with two attached hydrogens (primary N) is 1. The Balaban J connectivity index is 1.98. The highest BCUT2D eigenvalue weighted by molar-refractivity contribution is 8.00. The van der Waals surface area contributed by atoms with Crippen LogP contribution in [0.2, 0.25) is 0 Å². The fourth-order valence-electron chi connectivity index (χ4n) is 3.54. The van der Waals surface area contributed by atoms with Crippen LogP contribution in [0.1, 0.15) is 36.6 Å². The van der Waals surface area contributed by atoms with Crippen LogP contribution < -0.4 is 11.3 Å². The molecule has 0 fully saturated rings. The molecule has 1 atom stereocenters. The number of hydrogen-bond donors (Lipinski definition) is 1. The van der Waals surface area contributed by atoms with E-state index in [0.717, 1.165) is 41.6 Å². The standard InChI is InChI=1S/C20H21N3O2S2/c1-2-14(17(21)24)27-20-22-18-16(13-10-6-7-11-15(13)26-18)19(25)23(20)12-8-4-3-5-9-12/h3-5,8-9,14H,2,6-7,10-11H2,1H3,(H2,21,24). The van der Waals surface area contributed by atoms with E-state index in [1.807, 2.05) is 37.3 Å². The summed E-state index contributed by atoms with van der Waals surface area (Å²) in [6.07, 6.45) is 4.81. The van der Waals surface area contributed by atoms with Crippen molar-refractivity contribution in [2.75, 3.05) is 0 Å². The zero-order valence-electron chi connectivity index (χ0n) is 15.1. The number of aromatic nitrogens is 2. The van der Waals surface area contributed by atoms with Crippen LogP contribution >= 0.6 is 23.1 Å². The quantitative estimate of drug-likeness (QED) is 0.524. The average molecular weight is 400 g/mol. The molecule has 2 N–H and O–H groups in total. The second-order valence-electron chi connectivity index (χ2n) is 6.68. The van der Waals surface area contributed by atoms with Gasteiger partial charge < -0.3 is 5.73 Å². The van der Waals surface area contributed by atoms with Crippen LogP contribution in [0, 0.1) is 0 Å². The monoisotopic (exact) mass is 399 g/mol. The molecular weight excluding hydrogens is 378 g/mol. The van der Waals surface area contributed by atoms with Gasteiger partial charge in [-0.1, -0.05) is 36.9 Å². The van der Waals surface area contributed by atoms with E-state index in [0.29, 0.717) is 11.6 Å². The van der Waals surface area contributed by atoms with Gasteiger partial charge in [0, 0.05) is 4.88 Å². The van der Waals surface area contributed by atoms with Gasteiger partial charge in [-0.25, -0.2) is 4.98 Å². The molecule has 3 aromatic rings. The number of thiophene rings is 1. The van der Waals surface area contributed by atoms with Crippen molar-refractivity contribution in [2.24, 2.45) is 5.73 Å². The number of aryl methyl sites for hydroxylation is 2. The molecule has 2 heterocycles.